The van der Waals surface area contributed by atoms with Crippen molar-refractivity contribution in [2.45, 2.75) is 19.0 Å². The number of nitrogens with one attached hydrogen (secondary N) is 1. The third kappa shape index (κ3) is 3.24. The number of halogens is 2. The molecule has 0 spiro atoms. The number of hydrogen-bond donors (Lipinski definition) is 1. The van der Waals surface area contributed by atoms with Gasteiger partial charge < -0.3 is 9.32 Å². The molecule has 1 atom stereocenters. The number of pyridine rings is 1. The number of aromatic nitrogens is 2. The molecule has 5 rings (SSSR count). The Morgan fingerprint density at radius 2 is 2.09 bits per heavy atom. The average Bonchev–Trinajstić information content (AvgIpc) is 3.27. The third-order valence-electron chi connectivity index (χ3n) is 5.60. The Bertz CT molecular complexity index is 1490. The number of nitriles is 1. The van der Waals surface area contributed by atoms with Gasteiger partial charge in [0, 0.05) is 29.7 Å². The summed E-state index contributed by atoms with van der Waals surface area (Å²) in [5.41, 5.74) is 2.77. The maximum absolute atomic E-state index is 14.6. The number of amides is 1. The molecule has 7 nitrogen and oxygen atoms in total. The van der Waals surface area contributed by atoms with E-state index < -0.39 is 23.5 Å². The van der Waals surface area contributed by atoms with Crippen LogP contribution in [0.3, 0.4) is 0 Å². The van der Waals surface area contributed by atoms with Crippen molar-refractivity contribution in [3.05, 3.63) is 98.0 Å². The number of benzene rings is 2. The van der Waals surface area contributed by atoms with Crippen LogP contribution in [0.1, 0.15) is 38.8 Å². The highest BCUT2D eigenvalue weighted by Gasteiger charge is 2.39. The zero-order chi connectivity index (χ0) is 22.4. The van der Waals surface area contributed by atoms with Gasteiger partial charge in [-0.1, -0.05) is 29.8 Å². The van der Waals surface area contributed by atoms with Gasteiger partial charge in [0.05, 0.1) is 17.1 Å². The van der Waals surface area contributed by atoms with E-state index >= 15 is 0 Å². The van der Waals surface area contributed by atoms with Crippen LogP contribution >= 0.6 is 11.6 Å². The SMILES string of the molecule is N#Cc1nccc(Cl)c1CC1c2cccc(F)c2C(=O)N1Cc1ccc2[nH]c(=O)oc2c1. The number of H-pyrrole nitrogens is 1. The summed E-state index contributed by atoms with van der Waals surface area (Å²) in [4.78, 5) is 32.8. The van der Waals surface area contributed by atoms with Crippen LogP contribution in [0.2, 0.25) is 5.02 Å². The first-order valence-corrected chi connectivity index (χ1v) is 10.1. The molecule has 0 saturated carbocycles. The second-order valence-electron chi connectivity index (χ2n) is 7.43. The molecule has 1 unspecified atom stereocenters. The summed E-state index contributed by atoms with van der Waals surface area (Å²) in [6.07, 6.45) is 1.63. The van der Waals surface area contributed by atoms with E-state index in [0.29, 0.717) is 32.8 Å². The van der Waals surface area contributed by atoms with Crippen LogP contribution in [0.5, 0.6) is 0 Å². The average molecular weight is 449 g/mol. The van der Waals surface area contributed by atoms with Crippen molar-refractivity contribution in [1.82, 2.24) is 14.9 Å². The van der Waals surface area contributed by atoms with Gasteiger partial charge in [-0.15, -0.1) is 0 Å². The number of carbonyl (C=O) groups excluding carboxylic acids is 1. The number of oxazole rings is 1. The Labute approximate surface area is 185 Å². The molecule has 32 heavy (non-hydrogen) atoms. The highest BCUT2D eigenvalue weighted by Crippen LogP contribution is 2.39. The van der Waals surface area contributed by atoms with Crippen LogP contribution in [-0.4, -0.2) is 20.8 Å². The Morgan fingerprint density at radius 1 is 1.25 bits per heavy atom. The summed E-state index contributed by atoms with van der Waals surface area (Å²) in [5, 5.41) is 9.81. The minimum Gasteiger partial charge on any atom is -0.408 e. The molecule has 0 saturated heterocycles. The van der Waals surface area contributed by atoms with Gasteiger partial charge in [-0.2, -0.15) is 5.26 Å². The van der Waals surface area contributed by atoms with Crippen molar-refractivity contribution >= 4 is 28.6 Å². The monoisotopic (exact) mass is 448 g/mol. The van der Waals surface area contributed by atoms with Crippen LogP contribution in [0, 0.1) is 17.1 Å². The van der Waals surface area contributed by atoms with E-state index in [2.05, 4.69) is 9.97 Å². The standard InChI is InChI=1S/C23H14ClFN4O3/c24-15-6-7-27-18(10-26)14(15)9-19-13-2-1-3-16(25)21(13)22(30)29(19)11-12-4-5-17-20(8-12)32-23(31)28-17/h1-8,19H,9,11H2,(H,28,31). The highest BCUT2D eigenvalue weighted by molar-refractivity contribution is 6.31. The molecule has 1 aliphatic rings. The maximum atomic E-state index is 14.6. The van der Waals surface area contributed by atoms with Crippen molar-refractivity contribution < 1.29 is 13.6 Å². The molecule has 158 valence electrons. The Morgan fingerprint density at radius 3 is 2.91 bits per heavy atom. The highest BCUT2D eigenvalue weighted by atomic mass is 35.5. The quantitative estimate of drug-likeness (QED) is 0.506. The second kappa shape index (κ2) is 7.62. The van der Waals surface area contributed by atoms with Gasteiger partial charge in [0.2, 0.25) is 0 Å². The number of carbonyl (C=O) groups is 1. The van der Waals surface area contributed by atoms with Crippen molar-refractivity contribution in [2.75, 3.05) is 0 Å². The molecule has 0 fully saturated rings. The third-order valence-corrected chi connectivity index (χ3v) is 5.95. The summed E-state index contributed by atoms with van der Waals surface area (Å²) in [6, 6.07) is 12.6. The molecule has 3 heterocycles. The van der Waals surface area contributed by atoms with Crippen molar-refractivity contribution in [2.24, 2.45) is 0 Å². The first-order chi connectivity index (χ1) is 15.5. The number of rotatable bonds is 4. The van der Waals surface area contributed by atoms with Crippen LogP contribution < -0.4 is 5.76 Å². The van der Waals surface area contributed by atoms with Crippen molar-refractivity contribution in [3.8, 4) is 6.07 Å². The van der Waals surface area contributed by atoms with E-state index in [0.717, 1.165) is 0 Å². The molecule has 2 aromatic carbocycles. The van der Waals surface area contributed by atoms with E-state index in [-0.39, 0.29) is 24.2 Å². The van der Waals surface area contributed by atoms with Gasteiger partial charge >= 0.3 is 5.76 Å². The molecule has 1 aliphatic heterocycles. The maximum Gasteiger partial charge on any atom is 0.417 e. The van der Waals surface area contributed by atoms with Gasteiger partial charge in [0.1, 0.15) is 17.6 Å². The minimum atomic E-state index is -0.607. The van der Waals surface area contributed by atoms with Crippen molar-refractivity contribution in [3.63, 3.8) is 0 Å². The molecule has 2 aromatic heterocycles. The van der Waals surface area contributed by atoms with E-state index in [1.54, 1.807) is 36.4 Å². The molecule has 1 N–H and O–H groups in total. The lowest BCUT2D eigenvalue weighted by Gasteiger charge is -2.26. The Balaban J connectivity index is 1.58. The second-order valence-corrected chi connectivity index (χ2v) is 7.84. The fourth-order valence-electron chi connectivity index (χ4n) is 4.14. The van der Waals surface area contributed by atoms with Crippen molar-refractivity contribution in [1.29, 1.82) is 5.26 Å². The molecular weight excluding hydrogens is 435 g/mol. The smallest absolute Gasteiger partial charge is 0.408 e. The summed E-state index contributed by atoms with van der Waals surface area (Å²) in [6.45, 7) is 0.141. The van der Waals surface area contributed by atoms with Crippen LogP contribution in [0.15, 0.2) is 57.9 Å². The predicted molar refractivity (Wildman–Crippen MR) is 114 cm³/mol. The summed E-state index contributed by atoms with van der Waals surface area (Å²) in [7, 11) is 0. The van der Waals surface area contributed by atoms with Crippen LogP contribution in [0.25, 0.3) is 11.1 Å². The lowest BCUT2D eigenvalue weighted by atomic mass is 9.97. The van der Waals surface area contributed by atoms with Crippen LogP contribution in [-0.2, 0) is 13.0 Å². The Kier molecular flexibility index (Phi) is 4.76. The normalized spacial score (nSPS) is 15.2. The first kappa shape index (κ1) is 20.0. The van der Waals surface area contributed by atoms with Gasteiger partial charge in [-0.05, 0) is 35.4 Å². The number of hydrogen-bond acceptors (Lipinski definition) is 5. The molecule has 0 bridgehead atoms. The molecule has 9 heteroatoms. The largest absolute Gasteiger partial charge is 0.417 e. The zero-order valence-corrected chi connectivity index (χ0v) is 17.2. The van der Waals surface area contributed by atoms with Gasteiger partial charge in [0.25, 0.3) is 5.91 Å². The fraction of sp³-hybridized carbons (Fsp3) is 0.130. The fourth-order valence-corrected chi connectivity index (χ4v) is 4.36. The number of nitrogens with zero attached hydrogens (tertiary/aromatic N) is 3. The lowest BCUT2D eigenvalue weighted by molar-refractivity contribution is 0.0706. The molecule has 0 radical (unpaired) electrons. The molecule has 4 aromatic rings. The minimum absolute atomic E-state index is 0.00488. The Hall–Kier alpha value is -3.96. The molecule has 1 amide bonds. The summed E-state index contributed by atoms with van der Waals surface area (Å²) >= 11 is 6.34. The molecule has 0 aliphatic carbocycles. The van der Waals surface area contributed by atoms with Gasteiger partial charge in [-0.25, -0.2) is 14.2 Å². The lowest BCUT2D eigenvalue weighted by Crippen LogP contribution is -2.29. The van der Waals surface area contributed by atoms with Gasteiger partial charge in [-0.3, -0.25) is 9.78 Å². The summed E-state index contributed by atoms with van der Waals surface area (Å²) < 4.78 is 19.7. The van der Waals surface area contributed by atoms with Gasteiger partial charge in [0.15, 0.2) is 5.58 Å². The topological polar surface area (TPSA) is 103 Å². The van der Waals surface area contributed by atoms with E-state index in [9.17, 15) is 19.2 Å². The number of fused-ring (bicyclic) bond motifs is 2. The number of aromatic amines is 1. The molecular formula is C23H14ClFN4O3. The summed E-state index contributed by atoms with van der Waals surface area (Å²) in [5.74, 6) is -1.64. The zero-order valence-electron chi connectivity index (χ0n) is 16.4. The predicted octanol–water partition coefficient (Wildman–Crippen LogP) is 4.12. The first-order valence-electron chi connectivity index (χ1n) is 9.71. The van der Waals surface area contributed by atoms with E-state index in [1.165, 1.54) is 17.2 Å². The van der Waals surface area contributed by atoms with Crippen LogP contribution in [0.4, 0.5) is 4.39 Å². The van der Waals surface area contributed by atoms with E-state index in [1.807, 2.05) is 6.07 Å². The van der Waals surface area contributed by atoms with E-state index in [4.69, 9.17) is 16.0 Å².